The minimum atomic E-state index is 0.450. The Bertz CT molecular complexity index is 559. The van der Waals surface area contributed by atoms with E-state index in [0.717, 1.165) is 17.4 Å². The molecule has 1 fully saturated rings. The Hall–Kier alpha value is -1.71. The number of unbranched alkanes of at least 4 members (excludes halogenated alkanes) is 2. The van der Waals surface area contributed by atoms with Gasteiger partial charge in [0.1, 0.15) is 0 Å². The van der Waals surface area contributed by atoms with Gasteiger partial charge in [0.05, 0.1) is 0 Å². The number of pyridine rings is 1. The quantitative estimate of drug-likeness (QED) is 0.705. The molecule has 0 N–H and O–H groups in total. The summed E-state index contributed by atoms with van der Waals surface area (Å²) in [5.41, 5.74) is 0.971. The van der Waals surface area contributed by atoms with Crippen LogP contribution in [0.4, 0.5) is 0 Å². The van der Waals surface area contributed by atoms with E-state index in [0.29, 0.717) is 11.7 Å². The summed E-state index contributed by atoms with van der Waals surface area (Å²) < 4.78 is 5.51. The summed E-state index contributed by atoms with van der Waals surface area (Å²) in [4.78, 5) is 8.62. The Balaban J connectivity index is 1.55. The lowest BCUT2D eigenvalue weighted by Gasteiger charge is -2.26. The highest BCUT2D eigenvalue weighted by Crippen LogP contribution is 2.37. The number of hydrogen-bond acceptors (Lipinski definition) is 4. The maximum Gasteiger partial charge on any atom is 0.230 e. The molecular weight excluding hydrogens is 274 g/mol. The van der Waals surface area contributed by atoms with E-state index in [1.54, 1.807) is 12.4 Å². The maximum absolute atomic E-state index is 5.51. The molecule has 2 heterocycles. The minimum absolute atomic E-state index is 0.450. The summed E-state index contributed by atoms with van der Waals surface area (Å²) in [5, 5.41) is 4.13. The molecule has 0 radical (unpaired) electrons. The van der Waals surface area contributed by atoms with E-state index in [2.05, 4.69) is 22.0 Å². The first-order valence-electron chi connectivity index (χ1n) is 8.60. The highest BCUT2D eigenvalue weighted by atomic mass is 16.5. The van der Waals surface area contributed by atoms with Gasteiger partial charge in [-0.3, -0.25) is 4.98 Å². The van der Waals surface area contributed by atoms with E-state index in [1.807, 2.05) is 12.1 Å². The van der Waals surface area contributed by atoms with Crippen molar-refractivity contribution in [1.29, 1.82) is 0 Å². The molecule has 0 unspecified atom stereocenters. The van der Waals surface area contributed by atoms with Gasteiger partial charge in [0.2, 0.25) is 11.7 Å². The Labute approximate surface area is 132 Å². The second-order valence-electron chi connectivity index (χ2n) is 6.41. The summed E-state index contributed by atoms with van der Waals surface area (Å²) in [6, 6.07) is 3.83. The van der Waals surface area contributed by atoms with Crippen LogP contribution in [0.3, 0.4) is 0 Å². The molecule has 0 aliphatic heterocycles. The van der Waals surface area contributed by atoms with Crippen LogP contribution in [0, 0.1) is 5.92 Å². The maximum atomic E-state index is 5.51. The van der Waals surface area contributed by atoms with Crippen molar-refractivity contribution in [3.63, 3.8) is 0 Å². The average molecular weight is 299 g/mol. The largest absolute Gasteiger partial charge is 0.339 e. The van der Waals surface area contributed by atoms with Crippen LogP contribution in [0.25, 0.3) is 11.4 Å². The molecule has 0 saturated heterocycles. The SMILES string of the molecule is CCCCC[C@H]1CC[C@H](c2nc(-c3ccncc3)no2)CC1. The van der Waals surface area contributed by atoms with Gasteiger partial charge in [-0.05, 0) is 43.7 Å². The average Bonchev–Trinajstić information content (AvgIpc) is 3.07. The van der Waals surface area contributed by atoms with Crippen molar-refractivity contribution in [3.8, 4) is 11.4 Å². The van der Waals surface area contributed by atoms with Gasteiger partial charge in [0, 0.05) is 23.9 Å². The predicted octanol–water partition coefficient (Wildman–Crippen LogP) is 4.99. The molecule has 1 aliphatic carbocycles. The fourth-order valence-corrected chi connectivity index (χ4v) is 3.40. The highest BCUT2D eigenvalue weighted by molar-refractivity contribution is 5.52. The lowest BCUT2D eigenvalue weighted by molar-refractivity contribution is 0.259. The van der Waals surface area contributed by atoms with Crippen molar-refractivity contribution >= 4 is 0 Å². The standard InChI is InChI=1S/C18H25N3O/c1-2-3-4-5-14-6-8-16(9-7-14)18-20-17(21-22-18)15-10-12-19-13-11-15/h10-14,16H,2-9H2,1H3/t14-,16-. The van der Waals surface area contributed by atoms with E-state index < -0.39 is 0 Å². The third-order valence-corrected chi connectivity index (χ3v) is 4.79. The zero-order valence-electron chi connectivity index (χ0n) is 13.4. The van der Waals surface area contributed by atoms with Crippen molar-refractivity contribution in [3.05, 3.63) is 30.4 Å². The molecule has 0 amide bonds. The summed E-state index contributed by atoms with van der Waals surface area (Å²) in [6.07, 6.45) is 14.0. The van der Waals surface area contributed by atoms with Crippen molar-refractivity contribution in [2.24, 2.45) is 5.92 Å². The topological polar surface area (TPSA) is 51.8 Å². The van der Waals surface area contributed by atoms with Crippen LogP contribution >= 0.6 is 0 Å². The zero-order valence-corrected chi connectivity index (χ0v) is 13.4. The number of rotatable bonds is 6. The number of aromatic nitrogens is 3. The first kappa shape index (κ1) is 15.2. The van der Waals surface area contributed by atoms with Gasteiger partial charge < -0.3 is 4.52 Å². The Morgan fingerprint density at radius 3 is 2.59 bits per heavy atom. The third-order valence-electron chi connectivity index (χ3n) is 4.79. The molecule has 4 heteroatoms. The molecular formula is C18H25N3O. The Morgan fingerprint density at radius 1 is 1.09 bits per heavy atom. The van der Waals surface area contributed by atoms with Crippen LogP contribution in [-0.2, 0) is 0 Å². The van der Waals surface area contributed by atoms with E-state index >= 15 is 0 Å². The molecule has 0 spiro atoms. The molecule has 22 heavy (non-hydrogen) atoms. The summed E-state index contributed by atoms with van der Waals surface area (Å²) in [5.74, 6) is 2.86. The third kappa shape index (κ3) is 3.73. The fraction of sp³-hybridized carbons (Fsp3) is 0.611. The molecule has 0 bridgehead atoms. The van der Waals surface area contributed by atoms with Gasteiger partial charge in [-0.25, -0.2) is 0 Å². The minimum Gasteiger partial charge on any atom is -0.339 e. The number of nitrogens with zero attached hydrogens (tertiary/aromatic N) is 3. The predicted molar refractivity (Wildman–Crippen MR) is 86.4 cm³/mol. The van der Waals surface area contributed by atoms with Crippen molar-refractivity contribution in [2.45, 2.75) is 64.2 Å². The van der Waals surface area contributed by atoms with Crippen LogP contribution in [0.1, 0.15) is 70.1 Å². The van der Waals surface area contributed by atoms with E-state index in [1.165, 1.54) is 51.4 Å². The van der Waals surface area contributed by atoms with Crippen LogP contribution in [-0.4, -0.2) is 15.1 Å². The van der Waals surface area contributed by atoms with Crippen molar-refractivity contribution < 1.29 is 4.52 Å². The van der Waals surface area contributed by atoms with Gasteiger partial charge in [-0.2, -0.15) is 4.98 Å². The van der Waals surface area contributed by atoms with Gasteiger partial charge in [-0.1, -0.05) is 37.8 Å². The molecule has 0 atom stereocenters. The number of hydrogen-bond donors (Lipinski definition) is 0. The first-order chi connectivity index (χ1) is 10.9. The summed E-state index contributed by atoms with van der Waals surface area (Å²) in [7, 11) is 0. The summed E-state index contributed by atoms with van der Waals surface area (Å²) in [6.45, 7) is 2.27. The van der Waals surface area contributed by atoms with Gasteiger partial charge in [-0.15, -0.1) is 0 Å². The van der Waals surface area contributed by atoms with Gasteiger partial charge in [0.25, 0.3) is 0 Å². The van der Waals surface area contributed by atoms with Crippen LogP contribution in [0.15, 0.2) is 29.0 Å². The van der Waals surface area contributed by atoms with Crippen molar-refractivity contribution in [2.75, 3.05) is 0 Å². The molecule has 3 rings (SSSR count). The zero-order chi connectivity index (χ0) is 15.2. The first-order valence-corrected chi connectivity index (χ1v) is 8.60. The normalized spacial score (nSPS) is 21.9. The smallest absolute Gasteiger partial charge is 0.230 e. The van der Waals surface area contributed by atoms with E-state index in [4.69, 9.17) is 4.52 Å². The summed E-state index contributed by atoms with van der Waals surface area (Å²) >= 11 is 0. The highest BCUT2D eigenvalue weighted by Gasteiger charge is 2.26. The van der Waals surface area contributed by atoms with E-state index in [-0.39, 0.29) is 0 Å². The van der Waals surface area contributed by atoms with Crippen molar-refractivity contribution in [1.82, 2.24) is 15.1 Å². The molecule has 2 aromatic rings. The van der Waals surface area contributed by atoms with Crippen LogP contribution < -0.4 is 0 Å². The van der Waals surface area contributed by atoms with E-state index in [9.17, 15) is 0 Å². The lowest BCUT2D eigenvalue weighted by Crippen LogP contribution is -2.13. The molecule has 1 aliphatic rings. The van der Waals surface area contributed by atoms with Gasteiger partial charge in [0.15, 0.2) is 0 Å². The molecule has 4 nitrogen and oxygen atoms in total. The second-order valence-corrected chi connectivity index (χ2v) is 6.41. The fourth-order valence-electron chi connectivity index (χ4n) is 3.40. The monoisotopic (exact) mass is 299 g/mol. The second kappa shape index (κ2) is 7.52. The van der Waals surface area contributed by atoms with Crippen LogP contribution in [0.2, 0.25) is 0 Å². The van der Waals surface area contributed by atoms with Crippen LogP contribution in [0.5, 0.6) is 0 Å². The molecule has 118 valence electrons. The Morgan fingerprint density at radius 2 is 1.86 bits per heavy atom. The molecule has 0 aromatic carbocycles. The molecule has 1 saturated carbocycles. The molecule has 2 aromatic heterocycles. The van der Waals surface area contributed by atoms with Gasteiger partial charge >= 0.3 is 0 Å². The Kier molecular flexibility index (Phi) is 5.20. The lowest BCUT2D eigenvalue weighted by atomic mass is 9.79.